The van der Waals surface area contributed by atoms with Gasteiger partial charge in [-0.15, -0.1) is 0 Å². The maximum absolute atomic E-state index is 12.2. The van der Waals surface area contributed by atoms with E-state index in [0.717, 1.165) is 38.5 Å². The van der Waals surface area contributed by atoms with Crippen LogP contribution in [0.4, 0.5) is 0 Å². The van der Waals surface area contributed by atoms with Crippen molar-refractivity contribution in [3.05, 3.63) is 69.8 Å². The van der Waals surface area contributed by atoms with Crippen molar-refractivity contribution in [2.45, 2.75) is 98.8 Å². The van der Waals surface area contributed by atoms with Crippen molar-refractivity contribution < 1.29 is 9.53 Å². The predicted octanol–water partition coefficient (Wildman–Crippen LogP) is 8.38. The Kier molecular flexibility index (Phi) is 9.56. The zero-order valence-electron chi connectivity index (χ0n) is 22.1. The minimum Gasteiger partial charge on any atom is -0.465 e. The molecule has 2 aromatic rings. The quantitative estimate of drug-likeness (QED) is 0.235. The lowest BCUT2D eigenvalue weighted by atomic mass is 9.85. The number of unbranched alkanes of at least 4 members (excludes halogenated alkanes) is 2. The molecule has 0 bridgehead atoms. The average Bonchev–Trinajstić information content (AvgIpc) is 2.86. The Hall–Kier alpha value is -2.35. The van der Waals surface area contributed by atoms with Crippen LogP contribution in [-0.2, 0) is 35.2 Å². The highest BCUT2D eigenvalue weighted by molar-refractivity contribution is 5.85. The van der Waals surface area contributed by atoms with Crippen LogP contribution in [0.2, 0.25) is 0 Å². The second kappa shape index (κ2) is 12.4. The van der Waals surface area contributed by atoms with Crippen LogP contribution < -0.4 is 0 Å². The summed E-state index contributed by atoms with van der Waals surface area (Å²) < 4.78 is 5.52. The molecule has 0 N–H and O–H groups in total. The van der Waals surface area contributed by atoms with Gasteiger partial charge in [0.05, 0.1) is 12.0 Å². The molecular formula is C32H44O2. The van der Waals surface area contributed by atoms with Gasteiger partial charge in [0.2, 0.25) is 0 Å². The fourth-order valence-corrected chi connectivity index (χ4v) is 4.67. The van der Waals surface area contributed by atoms with Crippen molar-refractivity contribution in [2.24, 2.45) is 5.41 Å². The van der Waals surface area contributed by atoms with Crippen LogP contribution in [0.3, 0.4) is 0 Å². The highest BCUT2D eigenvalue weighted by Crippen LogP contribution is 2.33. The van der Waals surface area contributed by atoms with Crippen LogP contribution >= 0.6 is 0 Å². The first-order valence-corrected chi connectivity index (χ1v) is 13.5. The van der Waals surface area contributed by atoms with Gasteiger partial charge >= 0.3 is 5.97 Å². The summed E-state index contributed by atoms with van der Waals surface area (Å²) in [7, 11) is 0. The van der Waals surface area contributed by atoms with E-state index in [1.54, 1.807) is 0 Å². The highest BCUT2D eigenvalue weighted by Gasteiger charge is 2.26. The van der Waals surface area contributed by atoms with E-state index in [9.17, 15) is 4.79 Å². The van der Waals surface area contributed by atoms with E-state index in [1.165, 1.54) is 64.6 Å². The van der Waals surface area contributed by atoms with Crippen molar-refractivity contribution in [2.75, 3.05) is 6.61 Å². The van der Waals surface area contributed by atoms with E-state index in [0.29, 0.717) is 6.61 Å². The Bertz CT molecular complexity index is 996. The van der Waals surface area contributed by atoms with E-state index in [2.05, 4.69) is 56.3 Å². The number of esters is 1. The Labute approximate surface area is 207 Å². The molecule has 1 aliphatic carbocycles. The normalized spacial score (nSPS) is 13.4. The number of carbonyl (C=O) groups excluding carboxylic acids is 1. The topological polar surface area (TPSA) is 26.3 Å². The fraction of sp³-hybridized carbons (Fsp3) is 0.531. The molecule has 3 rings (SSSR count). The molecule has 1 aliphatic rings. The van der Waals surface area contributed by atoms with E-state index < -0.39 is 5.41 Å². The summed E-state index contributed by atoms with van der Waals surface area (Å²) >= 11 is 0. The highest BCUT2D eigenvalue weighted by atomic mass is 16.5. The number of fused-ring (bicyclic) bond motifs is 1. The van der Waals surface area contributed by atoms with Gasteiger partial charge in [-0.3, -0.25) is 4.79 Å². The zero-order chi connectivity index (χ0) is 24.6. The molecule has 0 radical (unpaired) electrons. The lowest BCUT2D eigenvalue weighted by Gasteiger charge is -2.21. The second-order valence-electron chi connectivity index (χ2n) is 10.5. The summed E-state index contributed by atoms with van der Waals surface area (Å²) in [6, 6.07) is 14.0. The van der Waals surface area contributed by atoms with Crippen LogP contribution in [0.1, 0.15) is 107 Å². The van der Waals surface area contributed by atoms with Gasteiger partial charge in [-0.25, -0.2) is 0 Å². The minimum absolute atomic E-state index is 0.0869. The lowest BCUT2D eigenvalue weighted by Crippen LogP contribution is -2.26. The molecular weight excluding hydrogens is 416 g/mol. The Morgan fingerprint density at radius 2 is 1.65 bits per heavy atom. The zero-order valence-corrected chi connectivity index (χ0v) is 22.1. The molecule has 2 heteroatoms. The van der Waals surface area contributed by atoms with E-state index >= 15 is 0 Å². The van der Waals surface area contributed by atoms with Crippen LogP contribution in [0, 0.1) is 5.41 Å². The fourth-order valence-electron chi connectivity index (χ4n) is 4.67. The first-order valence-electron chi connectivity index (χ1n) is 13.5. The van der Waals surface area contributed by atoms with Gasteiger partial charge < -0.3 is 4.74 Å². The Morgan fingerprint density at radius 1 is 0.912 bits per heavy atom. The third kappa shape index (κ3) is 6.84. The molecule has 2 aromatic carbocycles. The molecule has 0 aliphatic heterocycles. The molecule has 0 aromatic heterocycles. The average molecular weight is 461 g/mol. The summed E-state index contributed by atoms with van der Waals surface area (Å²) in [4.78, 5) is 12.2. The van der Waals surface area contributed by atoms with Crippen molar-refractivity contribution in [1.29, 1.82) is 0 Å². The summed E-state index contributed by atoms with van der Waals surface area (Å²) in [5.41, 5.74) is 9.60. The number of hydrogen-bond acceptors (Lipinski definition) is 2. The molecule has 0 amide bonds. The van der Waals surface area contributed by atoms with Gasteiger partial charge in [-0.2, -0.15) is 0 Å². The molecule has 0 spiro atoms. The standard InChI is InChI=1S/C32H44O2/c1-6-9-10-12-24-15-19-30(26(7-2)21-24)28-18-17-27-16-14-25(22-29(27)23-28)13-11-20-34-31(33)32(4,5)8-3/h14-16,19,21-23H,6-13,17-18,20H2,1-5H3. The molecule has 0 atom stereocenters. The van der Waals surface area contributed by atoms with Crippen molar-refractivity contribution in [1.82, 2.24) is 0 Å². The first kappa shape index (κ1) is 26.3. The van der Waals surface area contributed by atoms with Gasteiger partial charge in [-0.1, -0.05) is 76.1 Å². The number of rotatable bonds is 12. The van der Waals surface area contributed by atoms with Crippen LogP contribution in [0.5, 0.6) is 0 Å². The smallest absolute Gasteiger partial charge is 0.311 e. The van der Waals surface area contributed by atoms with Gasteiger partial charge in [-0.05, 0) is 104 Å². The molecule has 34 heavy (non-hydrogen) atoms. The maximum atomic E-state index is 12.2. The van der Waals surface area contributed by atoms with Crippen LogP contribution in [-0.4, -0.2) is 12.6 Å². The van der Waals surface area contributed by atoms with Gasteiger partial charge in [0.1, 0.15) is 0 Å². The third-order valence-electron chi connectivity index (χ3n) is 7.45. The monoisotopic (exact) mass is 460 g/mol. The van der Waals surface area contributed by atoms with Gasteiger partial charge in [0, 0.05) is 0 Å². The third-order valence-corrected chi connectivity index (χ3v) is 7.45. The first-order chi connectivity index (χ1) is 16.4. The van der Waals surface area contributed by atoms with Crippen LogP contribution in [0.15, 0.2) is 36.4 Å². The number of allylic oxidation sites excluding steroid dienone is 1. The SMILES string of the molecule is CCCCCc1ccc(C2=Cc3cc(CCCOC(=O)C(C)(C)CC)ccc3CC2)c(CC)c1. The number of hydrogen-bond donors (Lipinski definition) is 0. The summed E-state index contributed by atoms with van der Waals surface area (Å²) in [6.45, 7) is 11.0. The number of aryl methyl sites for hydroxylation is 4. The molecule has 0 saturated carbocycles. The Balaban J connectivity index is 1.67. The van der Waals surface area contributed by atoms with Gasteiger partial charge in [0.15, 0.2) is 0 Å². The lowest BCUT2D eigenvalue weighted by molar-refractivity contribution is -0.154. The van der Waals surface area contributed by atoms with E-state index in [-0.39, 0.29) is 5.97 Å². The maximum Gasteiger partial charge on any atom is 0.311 e. The molecule has 0 heterocycles. The predicted molar refractivity (Wildman–Crippen MR) is 145 cm³/mol. The molecule has 0 unspecified atom stereocenters. The number of carbonyl (C=O) groups is 1. The van der Waals surface area contributed by atoms with Crippen molar-refractivity contribution in [3.8, 4) is 0 Å². The summed E-state index contributed by atoms with van der Waals surface area (Å²) in [5, 5.41) is 0. The van der Waals surface area contributed by atoms with E-state index in [4.69, 9.17) is 4.74 Å². The summed E-state index contributed by atoms with van der Waals surface area (Å²) in [5.74, 6) is -0.0869. The molecule has 2 nitrogen and oxygen atoms in total. The molecule has 0 fully saturated rings. The van der Waals surface area contributed by atoms with Crippen molar-refractivity contribution in [3.63, 3.8) is 0 Å². The van der Waals surface area contributed by atoms with Gasteiger partial charge in [0.25, 0.3) is 0 Å². The Morgan fingerprint density at radius 3 is 2.38 bits per heavy atom. The van der Waals surface area contributed by atoms with E-state index in [1.807, 2.05) is 20.8 Å². The second-order valence-corrected chi connectivity index (χ2v) is 10.5. The number of benzene rings is 2. The van der Waals surface area contributed by atoms with Crippen molar-refractivity contribution >= 4 is 17.6 Å². The number of ether oxygens (including phenoxy) is 1. The minimum atomic E-state index is -0.391. The summed E-state index contributed by atoms with van der Waals surface area (Å²) in [6.07, 6.45) is 13.4. The molecule has 184 valence electrons. The largest absolute Gasteiger partial charge is 0.465 e. The molecule has 0 saturated heterocycles. The van der Waals surface area contributed by atoms with Crippen LogP contribution in [0.25, 0.3) is 11.6 Å².